The van der Waals surface area contributed by atoms with Crippen LogP contribution >= 0.6 is 0 Å². The smallest absolute Gasteiger partial charge is 0.227 e. The van der Waals surface area contributed by atoms with Crippen molar-refractivity contribution in [3.05, 3.63) is 42.2 Å². The number of pyridine rings is 1. The second-order valence-corrected chi connectivity index (χ2v) is 9.00. The Morgan fingerprint density at radius 1 is 1.24 bits per heavy atom. The lowest BCUT2D eigenvalue weighted by atomic mass is 10.1. The average Bonchev–Trinajstić information content (AvgIpc) is 2.80. The molecule has 0 fully saturated rings. The third kappa shape index (κ3) is 9.89. The molecule has 2 heterocycles. The SMILES string of the molecule is CC(=O)N1CCN(C(=O)Cc2cccnc2)C/C=C\COC[C@H](O)[C@H](O)[C@@H](OCCC(C)C)C1. The Hall–Kier alpha value is -2.33. The first kappa shape index (κ1) is 27.9. The number of carbonyl (C=O) groups excluding carboxylic acids is 2. The van der Waals surface area contributed by atoms with Crippen molar-refractivity contribution in [3.8, 4) is 0 Å². The lowest BCUT2D eigenvalue weighted by molar-refractivity contribution is -0.141. The van der Waals surface area contributed by atoms with Crippen molar-refractivity contribution in [1.29, 1.82) is 0 Å². The van der Waals surface area contributed by atoms with Gasteiger partial charge >= 0.3 is 0 Å². The maximum Gasteiger partial charge on any atom is 0.227 e. The lowest BCUT2D eigenvalue weighted by Gasteiger charge is -2.33. The molecule has 0 spiro atoms. The van der Waals surface area contributed by atoms with Gasteiger partial charge in [0.05, 0.1) is 19.6 Å². The zero-order valence-electron chi connectivity index (χ0n) is 20.5. The molecule has 9 heteroatoms. The van der Waals surface area contributed by atoms with Crippen LogP contribution in [0, 0.1) is 5.92 Å². The van der Waals surface area contributed by atoms with E-state index in [1.54, 1.807) is 34.3 Å². The summed E-state index contributed by atoms with van der Waals surface area (Å²) in [5, 5.41) is 21.1. The molecular weight excluding hydrogens is 438 g/mol. The van der Waals surface area contributed by atoms with Gasteiger partial charge in [-0.3, -0.25) is 14.6 Å². The summed E-state index contributed by atoms with van der Waals surface area (Å²) in [4.78, 5) is 32.7. The molecule has 0 bridgehead atoms. The molecule has 0 saturated carbocycles. The number of rotatable bonds is 6. The van der Waals surface area contributed by atoms with Gasteiger partial charge in [-0.15, -0.1) is 0 Å². The Bertz CT molecular complexity index is 773. The number of amides is 2. The fraction of sp³-hybridized carbons (Fsp3) is 0.640. The van der Waals surface area contributed by atoms with Gasteiger partial charge in [0, 0.05) is 52.1 Å². The second kappa shape index (κ2) is 14.8. The van der Waals surface area contributed by atoms with Crippen LogP contribution in [0.2, 0.25) is 0 Å². The highest BCUT2D eigenvalue weighted by atomic mass is 16.5. The standard InChI is InChI=1S/C25H39N3O6/c1-19(2)8-14-34-23-17-28(20(3)29)12-11-27(24(31)15-21-7-6-9-26-16-21)10-4-5-13-33-18-22(30)25(23)32/h4-7,9,16,19,22-23,25,30,32H,8,10-15,17-18H2,1-3H3/b5-4-/t22-,23-,25-/m0/s1. The summed E-state index contributed by atoms with van der Waals surface area (Å²) in [6.07, 6.45) is 4.78. The minimum Gasteiger partial charge on any atom is -0.388 e. The van der Waals surface area contributed by atoms with Gasteiger partial charge in [-0.1, -0.05) is 32.1 Å². The van der Waals surface area contributed by atoms with E-state index in [0.29, 0.717) is 25.6 Å². The van der Waals surface area contributed by atoms with E-state index in [9.17, 15) is 19.8 Å². The molecule has 2 rings (SSSR count). The molecule has 0 unspecified atom stereocenters. The summed E-state index contributed by atoms with van der Waals surface area (Å²) in [7, 11) is 0. The number of carbonyl (C=O) groups is 2. The van der Waals surface area contributed by atoms with Gasteiger partial charge < -0.3 is 29.5 Å². The van der Waals surface area contributed by atoms with Crippen molar-refractivity contribution in [2.24, 2.45) is 5.92 Å². The Morgan fingerprint density at radius 3 is 2.68 bits per heavy atom. The number of aliphatic hydroxyl groups excluding tert-OH is 2. The summed E-state index contributed by atoms with van der Waals surface area (Å²) >= 11 is 0. The number of aromatic nitrogens is 1. The fourth-order valence-electron chi connectivity index (χ4n) is 3.53. The molecule has 34 heavy (non-hydrogen) atoms. The van der Waals surface area contributed by atoms with Crippen LogP contribution in [0.4, 0.5) is 0 Å². The van der Waals surface area contributed by atoms with Gasteiger partial charge in [0.25, 0.3) is 0 Å². The number of ether oxygens (including phenoxy) is 2. The van der Waals surface area contributed by atoms with Gasteiger partial charge in [-0.25, -0.2) is 0 Å². The predicted octanol–water partition coefficient (Wildman–Crippen LogP) is 1.04. The van der Waals surface area contributed by atoms with Crippen LogP contribution in [0.25, 0.3) is 0 Å². The first-order valence-corrected chi connectivity index (χ1v) is 11.9. The monoisotopic (exact) mass is 477 g/mol. The summed E-state index contributed by atoms with van der Waals surface area (Å²) in [5.74, 6) is 0.144. The molecule has 1 aliphatic heterocycles. The Balaban J connectivity index is 2.16. The molecule has 3 atom stereocenters. The van der Waals surface area contributed by atoms with Crippen molar-refractivity contribution < 1.29 is 29.3 Å². The highest BCUT2D eigenvalue weighted by Gasteiger charge is 2.30. The molecule has 0 aliphatic carbocycles. The van der Waals surface area contributed by atoms with Gasteiger partial charge in [0.2, 0.25) is 11.8 Å². The van der Waals surface area contributed by atoms with E-state index in [2.05, 4.69) is 18.8 Å². The summed E-state index contributed by atoms with van der Waals surface area (Å²) < 4.78 is 11.4. The lowest BCUT2D eigenvalue weighted by Crippen LogP contribution is -2.50. The van der Waals surface area contributed by atoms with E-state index in [1.807, 2.05) is 12.1 Å². The second-order valence-electron chi connectivity index (χ2n) is 9.00. The molecule has 0 radical (unpaired) electrons. The molecule has 1 aliphatic rings. The van der Waals surface area contributed by atoms with Crippen molar-refractivity contribution >= 4 is 11.8 Å². The Morgan fingerprint density at radius 2 is 2.00 bits per heavy atom. The minimum atomic E-state index is -1.22. The summed E-state index contributed by atoms with van der Waals surface area (Å²) in [6.45, 7) is 7.24. The number of hydrogen-bond acceptors (Lipinski definition) is 7. The molecule has 1 aromatic rings. The zero-order chi connectivity index (χ0) is 24.9. The molecule has 2 N–H and O–H groups in total. The van der Waals surface area contributed by atoms with E-state index in [0.717, 1.165) is 12.0 Å². The van der Waals surface area contributed by atoms with Gasteiger partial charge in [-0.2, -0.15) is 0 Å². The number of hydrogen-bond donors (Lipinski definition) is 2. The van der Waals surface area contributed by atoms with E-state index >= 15 is 0 Å². The summed E-state index contributed by atoms with van der Waals surface area (Å²) in [6, 6.07) is 3.64. The predicted molar refractivity (Wildman–Crippen MR) is 128 cm³/mol. The quantitative estimate of drug-likeness (QED) is 0.589. The third-order valence-electron chi connectivity index (χ3n) is 5.71. The molecule has 9 nitrogen and oxygen atoms in total. The van der Waals surface area contributed by atoms with Crippen molar-refractivity contribution in [3.63, 3.8) is 0 Å². The van der Waals surface area contributed by atoms with Crippen LogP contribution in [0.5, 0.6) is 0 Å². The molecule has 190 valence electrons. The third-order valence-corrected chi connectivity index (χ3v) is 5.71. The maximum atomic E-state index is 13.0. The van der Waals surface area contributed by atoms with Crippen LogP contribution < -0.4 is 0 Å². The highest BCUT2D eigenvalue weighted by Crippen LogP contribution is 2.12. The molecular formula is C25H39N3O6. The summed E-state index contributed by atoms with van der Waals surface area (Å²) in [5.41, 5.74) is 0.818. The van der Waals surface area contributed by atoms with E-state index < -0.39 is 18.3 Å². The molecule has 1 aromatic heterocycles. The van der Waals surface area contributed by atoms with Crippen LogP contribution in [-0.4, -0.2) is 101 Å². The van der Waals surface area contributed by atoms with Crippen molar-refractivity contribution in [2.75, 3.05) is 46.0 Å². The fourth-order valence-corrected chi connectivity index (χ4v) is 3.53. The van der Waals surface area contributed by atoms with Crippen LogP contribution in [-0.2, 0) is 25.5 Å². The minimum absolute atomic E-state index is 0.0702. The zero-order valence-corrected chi connectivity index (χ0v) is 20.5. The highest BCUT2D eigenvalue weighted by molar-refractivity contribution is 5.79. The topological polar surface area (TPSA) is 112 Å². The van der Waals surface area contributed by atoms with Gasteiger partial charge in [-0.05, 0) is 24.0 Å². The van der Waals surface area contributed by atoms with Crippen LogP contribution in [0.15, 0.2) is 36.7 Å². The van der Waals surface area contributed by atoms with Gasteiger partial charge in [0.1, 0.15) is 18.3 Å². The van der Waals surface area contributed by atoms with Crippen LogP contribution in [0.1, 0.15) is 32.8 Å². The first-order valence-electron chi connectivity index (χ1n) is 11.9. The van der Waals surface area contributed by atoms with Crippen molar-refractivity contribution in [1.82, 2.24) is 14.8 Å². The Labute approximate surface area is 202 Å². The maximum absolute atomic E-state index is 13.0. The van der Waals surface area contributed by atoms with E-state index in [4.69, 9.17) is 9.47 Å². The number of nitrogens with zero attached hydrogens (tertiary/aromatic N) is 3. The first-order chi connectivity index (χ1) is 16.3. The molecule has 0 aromatic carbocycles. The van der Waals surface area contributed by atoms with E-state index in [1.165, 1.54) is 6.92 Å². The Kier molecular flexibility index (Phi) is 12.2. The molecule has 2 amide bonds. The van der Waals surface area contributed by atoms with Crippen LogP contribution in [0.3, 0.4) is 0 Å². The molecule has 0 saturated heterocycles. The van der Waals surface area contributed by atoms with Crippen molar-refractivity contribution in [2.45, 2.75) is 51.9 Å². The average molecular weight is 478 g/mol. The van der Waals surface area contributed by atoms with Gasteiger partial charge in [0.15, 0.2) is 0 Å². The normalized spacial score (nSPS) is 24.0. The number of aliphatic hydroxyl groups is 2. The largest absolute Gasteiger partial charge is 0.388 e. The van der Waals surface area contributed by atoms with E-state index in [-0.39, 0.29) is 44.5 Å².